The molecule has 0 amide bonds. The van der Waals surface area contributed by atoms with E-state index >= 15 is 0 Å². The van der Waals surface area contributed by atoms with Gasteiger partial charge in [0.05, 0.1) is 10.0 Å². The summed E-state index contributed by atoms with van der Waals surface area (Å²) in [7, 11) is 0. The first kappa shape index (κ1) is 12.1. The number of benzene rings is 2. The van der Waals surface area contributed by atoms with Gasteiger partial charge in [-0.3, -0.25) is 0 Å². The molecule has 0 aliphatic heterocycles. The van der Waals surface area contributed by atoms with E-state index in [1.165, 1.54) is 0 Å². The van der Waals surface area contributed by atoms with E-state index in [4.69, 9.17) is 23.2 Å². The van der Waals surface area contributed by atoms with Crippen LogP contribution in [0, 0.1) is 5.21 Å². The van der Waals surface area contributed by atoms with Crippen LogP contribution in [0.4, 0.5) is 0 Å². The highest BCUT2D eigenvalue weighted by Gasteiger charge is 2.28. The molecule has 0 spiro atoms. The van der Waals surface area contributed by atoms with E-state index in [-0.39, 0.29) is 32.5 Å². The predicted octanol–water partition coefficient (Wildman–Crippen LogP) is 3.44. The van der Waals surface area contributed by atoms with E-state index in [2.05, 4.69) is 0 Å². The molecule has 95 valence electrons. The van der Waals surface area contributed by atoms with E-state index in [9.17, 15) is 10.4 Å². The lowest BCUT2D eigenvalue weighted by molar-refractivity contribution is -0.567. The molecule has 0 saturated carbocycles. The SMILES string of the molecule is [O]n1c(-c2c(Cl)cccc2Cl)[n+]([O-])c2ccccc21. The Balaban J connectivity index is 2.44. The van der Waals surface area contributed by atoms with Crippen molar-refractivity contribution in [3.05, 3.63) is 57.7 Å². The van der Waals surface area contributed by atoms with Crippen molar-refractivity contribution < 1.29 is 9.94 Å². The molecule has 0 N–H and O–H groups in total. The molecule has 0 saturated heterocycles. The van der Waals surface area contributed by atoms with Gasteiger partial charge in [0.1, 0.15) is 5.56 Å². The van der Waals surface area contributed by atoms with Crippen molar-refractivity contribution in [3.8, 4) is 11.4 Å². The van der Waals surface area contributed by atoms with Crippen molar-refractivity contribution in [2.75, 3.05) is 0 Å². The largest absolute Gasteiger partial charge is 0.710 e. The van der Waals surface area contributed by atoms with Gasteiger partial charge in [-0.25, -0.2) is 4.73 Å². The first-order chi connectivity index (χ1) is 9.11. The average molecular weight is 294 g/mol. The zero-order chi connectivity index (χ0) is 13.6. The van der Waals surface area contributed by atoms with Crippen LogP contribution in [0.3, 0.4) is 0 Å². The van der Waals surface area contributed by atoms with Crippen molar-refractivity contribution in [1.82, 2.24) is 4.73 Å². The molecule has 1 radical (unpaired) electrons. The van der Waals surface area contributed by atoms with Crippen LogP contribution in [-0.4, -0.2) is 4.73 Å². The molecule has 0 aliphatic carbocycles. The van der Waals surface area contributed by atoms with Crippen molar-refractivity contribution in [2.24, 2.45) is 0 Å². The summed E-state index contributed by atoms with van der Waals surface area (Å²) in [5.41, 5.74) is 0.805. The average Bonchev–Trinajstić information content (AvgIpc) is 2.64. The zero-order valence-electron chi connectivity index (χ0n) is 9.51. The number of halogens is 2. The Morgan fingerprint density at radius 1 is 1.00 bits per heavy atom. The third kappa shape index (κ3) is 1.72. The van der Waals surface area contributed by atoms with Crippen molar-refractivity contribution in [2.45, 2.75) is 0 Å². The van der Waals surface area contributed by atoms with Crippen LogP contribution in [0.1, 0.15) is 0 Å². The van der Waals surface area contributed by atoms with E-state index < -0.39 is 0 Å². The highest BCUT2D eigenvalue weighted by molar-refractivity contribution is 6.38. The summed E-state index contributed by atoms with van der Waals surface area (Å²) in [6, 6.07) is 11.3. The molecular formula is C13H7Cl2N2O2. The Kier molecular flexibility index (Phi) is 2.77. The van der Waals surface area contributed by atoms with Gasteiger partial charge < -0.3 is 5.21 Å². The summed E-state index contributed by atoms with van der Waals surface area (Å²) in [6.07, 6.45) is 0. The normalized spacial score (nSPS) is 11.1. The number of hydrogen-bond acceptors (Lipinski definition) is 1. The summed E-state index contributed by atoms with van der Waals surface area (Å²) < 4.78 is 1.10. The highest BCUT2D eigenvalue weighted by atomic mass is 35.5. The van der Waals surface area contributed by atoms with E-state index in [1.54, 1.807) is 42.5 Å². The summed E-state index contributed by atoms with van der Waals surface area (Å²) in [6.45, 7) is 0. The molecule has 0 atom stereocenters. The fourth-order valence-corrected chi connectivity index (χ4v) is 2.60. The second-order valence-electron chi connectivity index (χ2n) is 4.00. The number of hydrogen-bond donors (Lipinski definition) is 0. The van der Waals surface area contributed by atoms with Crippen molar-refractivity contribution >= 4 is 34.2 Å². The molecule has 1 heterocycles. The van der Waals surface area contributed by atoms with Crippen molar-refractivity contribution in [1.29, 1.82) is 0 Å². The lowest BCUT2D eigenvalue weighted by Crippen LogP contribution is -2.28. The number of nitrogens with zero attached hydrogens (tertiary/aromatic N) is 2. The Labute approximate surface area is 118 Å². The van der Waals surface area contributed by atoms with E-state index in [1.807, 2.05) is 0 Å². The first-order valence-corrected chi connectivity index (χ1v) is 6.21. The van der Waals surface area contributed by atoms with Crippen LogP contribution in [0.25, 0.3) is 22.4 Å². The molecule has 0 aliphatic rings. The predicted molar refractivity (Wildman–Crippen MR) is 72.4 cm³/mol. The van der Waals surface area contributed by atoms with Crippen molar-refractivity contribution in [3.63, 3.8) is 0 Å². The van der Waals surface area contributed by atoms with E-state index in [0.717, 1.165) is 0 Å². The Hall–Kier alpha value is -1.91. The standard InChI is InChI=1S/C13H7Cl2N2O2/c14-8-4-3-5-9(15)12(8)13-16(18)10-6-1-2-7-11(10)17(13)19/h1-7H. The van der Waals surface area contributed by atoms with Crippen LogP contribution >= 0.6 is 23.2 Å². The maximum Gasteiger partial charge on any atom is 0.340 e. The lowest BCUT2D eigenvalue weighted by atomic mass is 10.2. The van der Waals surface area contributed by atoms with Gasteiger partial charge in [0.25, 0.3) is 0 Å². The first-order valence-electron chi connectivity index (χ1n) is 5.46. The van der Waals surface area contributed by atoms with Gasteiger partial charge >= 0.3 is 5.82 Å². The van der Waals surface area contributed by atoms with Gasteiger partial charge in [0, 0.05) is 4.73 Å². The van der Waals surface area contributed by atoms with E-state index in [0.29, 0.717) is 9.46 Å². The number of rotatable bonds is 1. The molecule has 2 aromatic carbocycles. The van der Waals surface area contributed by atoms with Crippen LogP contribution in [0.2, 0.25) is 10.0 Å². The molecule has 4 nitrogen and oxygen atoms in total. The molecule has 6 heteroatoms. The maximum absolute atomic E-state index is 12.2. The molecule has 19 heavy (non-hydrogen) atoms. The van der Waals surface area contributed by atoms with Gasteiger partial charge in [-0.05, 0) is 24.3 Å². The fraction of sp³-hybridized carbons (Fsp3) is 0. The number of aromatic nitrogens is 2. The minimum absolute atomic E-state index is 0.114. The summed E-state index contributed by atoms with van der Waals surface area (Å²) in [5.74, 6) is -0.114. The molecule has 3 aromatic rings. The van der Waals surface area contributed by atoms with Crippen LogP contribution in [-0.2, 0) is 5.21 Å². The Bertz CT molecular complexity index is 724. The molecule has 3 rings (SSSR count). The minimum atomic E-state index is -0.114. The fourth-order valence-electron chi connectivity index (χ4n) is 2.03. The third-order valence-corrected chi connectivity index (χ3v) is 3.52. The van der Waals surface area contributed by atoms with Gasteiger partial charge in [0.2, 0.25) is 5.52 Å². The lowest BCUT2D eigenvalue weighted by Gasteiger charge is -2.05. The second-order valence-corrected chi connectivity index (χ2v) is 4.81. The molecule has 0 unspecified atom stereocenters. The molecule has 1 aromatic heterocycles. The monoisotopic (exact) mass is 293 g/mol. The highest BCUT2D eigenvalue weighted by Crippen LogP contribution is 2.34. The zero-order valence-corrected chi connectivity index (χ0v) is 11.0. The Morgan fingerprint density at radius 2 is 1.63 bits per heavy atom. The van der Waals surface area contributed by atoms with Gasteiger partial charge in [0.15, 0.2) is 5.52 Å². The second kappa shape index (κ2) is 4.33. The number of fused-ring (bicyclic) bond motifs is 1. The van der Waals surface area contributed by atoms with Crippen LogP contribution < -0.4 is 4.73 Å². The van der Waals surface area contributed by atoms with Gasteiger partial charge in [-0.2, -0.15) is 0 Å². The van der Waals surface area contributed by atoms with Gasteiger partial charge in [-0.15, -0.1) is 0 Å². The third-order valence-electron chi connectivity index (χ3n) is 2.89. The summed E-state index contributed by atoms with van der Waals surface area (Å²) in [5, 5.41) is 25.0. The summed E-state index contributed by atoms with van der Waals surface area (Å²) >= 11 is 12.1. The van der Waals surface area contributed by atoms with Crippen LogP contribution in [0.15, 0.2) is 42.5 Å². The number of para-hydroxylation sites is 2. The quantitative estimate of drug-likeness (QED) is 0.501. The molecular weight excluding hydrogens is 287 g/mol. The number of imidazole rings is 1. The summed E-state index contributed by atoms with van der Waals surface area (Å²) in [4.78, 5) is 0. The van der Waals surface area contributed by atoms with Gasteiger partial charge in [-0.1, -0.05) is 46.6 Å². The minimum Gasteiger partial charge on any atom is -0.710 e. The maximum atomic E-state index is 12.2. The molecule has 0 bridgehead atoms. The molecule has 0 fully saturated rings. The Morgan fingerprint density at radius 3 is 2.26 bits per heavy atom. The smallest absolute Gasteiger partial charge is 0.340 e. The van der Waals surface area contributed by atoms with Crippen LogP contribution in [0.5, 0.6) is 0 Å². The topological polar surface area (TPSA) is 51.8 Å².